The highest BCUT2D eigenvalue weighted by Gasteiger charge is 2.44. The van der Waals surface area contributed by atoms with E-state index in [0.717, 1.165) is 0 Å². The van der Waals surface area contributed by atoms with Crippen molar-refractivity contribution in [2.24, 2.45) is 0 Å². The second kappa shape index (κ2) is 3.28. The normalized spacial score (nSPS) is 15.8. The van der Waals surface area contributed by atoms with Crippen LogP contribution in [0.1, 0.15) is 0 Å². The number of nitrogens with zero attached hydrogens (tertiary/aromatic N) is 6. The van der Waals surface area contributed by atoms with Gasteiger partial charge in [-0.25, -0.2) is 30.2 Å². The largest absolute Gasteiger partial charge is 0.350 e. The lowest BCUT2D eigenvalue weighted by molar-refractivity contribution is -0.519. The van der Waals surface area contributed by atoms with Gasteiger partial charge in [-0.05, 0) is 10.0 Å². The summed E-state index contributed by atoms with van der Waals surface area (Å²) in [5.41, 5.74) is 0. The Balaban J connectivity index is 2.14. The topological polar surface area (TPSA) is 143 Å². The lowest BCUT2D eigenvalue weighted by Gasteiger charge is -2.04. The van der Waals surface area contributed by atoms with E-state index in [9.17, 15) is 20.2 Å². The first kappa shape index (κ1) is 10.2. The maximum atomic E-state index is 10.8. The van der Waals surface area contributed by atoms with Crippen molar-refractivity contribution >= 4 is 23.3 Å². The van der Waals surface area contributed by atoms with E-state index in [1.54, 1.807) is 0 Å². The maximum Gasteiger partial charge on any atom is 0.247 e. The first-order chi connectivity index (χ1) is 8.58. The highest BCUT2D eigenvalue weighted by molar-refractivity contribution is 5.75. The van der Waals surface area contributed by atoms with Crippen molar-refractivity contribution in [3.8, 4) is 0 Å². The van der Waals surface area contributed by atoms with Crippen molar-refractivity contribution in [2.45, 2.75) is 0 Å². The van der Waals surface area contributed by atoms with Crippen molar-refractivity contribution < 1.29 is 10.1 Å². The summed E-state index contributed by atoms with van der Waals surface area (Å²) >= 11 is 0. The Bertz CT molecular complexity index is 514. The van der Waals surface area contributed by atoms with E-state index in [1.807, 2.05) is 0 Å². The molecule has 0 atom stereocenters. The lowest BCUT2D eigenvalue weighted by Crippen LogP contribution is -2.38. The Morgan fingerprint density at radius 1 is 1.00 bits per heavy atom. The average molecular weight is 254 g/mol. The molecule has 2 aliphatic rings. The van der Waals surface area contributed by atoms with Gasteiger partial charge in [0.05, 0.1) is 6.67 Å². The molecule has 0 saturated heterocycles. The summed E-state index contributed by atoms with van der Waals surface area (Å²) in [6.07, 6.45) is 0. The fraction of sp³-hybridized carbons (Fsp3) is 0.333. The molecule has 94 valence electrons. The number of hydrogen-bond acceptors (Lipinski definition) is 8. The third kappa shape index (κ3) is 1.25. The van der Waals surface area contributed by atoms with Crippen LogP contribution >= 0.6 is 0 Å². The molecule has 18 heavy (non-hydrogen) atoms. The van der Waals surface area contributed by atoms with Crippen LogP contribution in [0, 0.1) is 20.2 Å². The molecule has 0 saturated carbocycles. The standard InChI is InChI=1S/C6H6N8O4/c15-13(16)11-2-12(14(17)18)6-5(11)9-3-4(10-6)8-1-7-3/h1-2H2,(H,7,9)(H,8,10). The molecule has 2 N–H and O–H groups in total. The van der Waals surface area contributed by atoms with E-state index in [1.165, 1.54) is 0 Å². The zero-order valence-electron chi connectivity index (χ0n) is 8.73. The molecule has 0 aromatic carbocycles. The second-order valence-electron chi connectivity index (χ2n) is 3.51. The predicted octanol–water partition coefficient (Wildman–Crippen LogP) is -0.761. The van der Waals surface area contributed by atoms with Gasteiger partial charge in [0.1, 0.15) is 0 Å². The van der Waals surface area contributed by atoms with Crippen molar-refractivity contribution in [1.29, 1.82) is 0 Å². The van der Waals surface area contributed by atoms with Crippen molar-refractivity contribution in [2.75, 3.05) is 34.0 Å². The summed E-state index contributed by atoms with van der Waals surface area (Å²) in [6.45, 7) is -0.159. The SMILES string of the molecule is O=[N+]([O-])N1CN([N+](=O)[O-])c2nc3c(nc21)NCN3. The molecular weight excluding hydrogens is 248 g/mol. The molecule has 3 heterocycles. The number of hydrazine groups is 2. The summed E-state index contributed by atoms with van der Waals surface area (Å²) in [5, 5.41) is 26.9. The number of anilines is 4. The summed E-state index contributed by atoms with van der Waals surface area (Å²) in [4.78, 5) is 29.6. The summed E-state index contributed by atoms with van der Waals surface area (Å²) in [7, 11) is 0. The van der Waals surface area contributed by atoms with Gasteiger partial charge in [-0.2, -0.15) is 0 Å². The van der Waals surface area contributed by atoms with Gasteiger partial charge in [-0.3, -0.25) is 0 Å². The van der Waals surface area contributed by atoms with Crippen molar-refractivity contribution in [3.63, 3.8) is 0 Å². The van der Waals surface area contributed by atoms with Gasteiger partial charge < -0.3 is 10.6 Å². The first-order valence-electron chi connectivity index (χ1n) is 4.81. The van der Waals surface area contributed by atoms with Crippen LogP contribution in [0.25, 0.3) is 0 Å². The van der Waals surface area contributed by atoms with Crippen LogP contribution < -0.4 is 20.7 Å². The molecular formula is C6H6N8O4. The molecule has 0 amide bonds. The minimum absolute atomic E-state index is 0.147. The molecule has 0 fully saturated rings. The highest BCUT2D eigenvalue weighted by atomic mass is 16.7. The minimum Gasteiger partial charge on any atom is -0.350 e. The Hall–Kier alpha value is -2.92. The average Bonchev–Trinajstić information content (AvgIpc) is 2.88. The van der Waals surface area contributed by atoms with E-state index in [0.29, 0.717) is 28.3 Å². The van der Waals surface area contributed by atoms with Gasteiger partial charge in [0.15, 0.2) is 21.7 Å². The van der Waals surface area contributed by atoms with E-state index in [-0.39, 0.29) is 11.6 Å². The monoisotopic (exact) mass is 254 g/mol. The number of nitro groups is 2. The molecule has 0 unspecified atom stereocenters. The lowest BCUT2D eigenvalue weighted by atomic mass is 10.5. The molecule has 0 aliphatic carbocycles. The smallest absolute Gasteiger partial charge is 0.247 e. The van der Waals surface area contributed by atoms with E-state index < -0.39 is 16.7 Å². The molecule has 2 aliphatic heterocycles. The molecule has 1 aromatic rings. The molecule has 12 nitrogen and oxygen atoms in total. The first-order valence-corrected chi connectivity index (χ1v) is 4.81. The zero-order valence-corrected chi connectivity index (χ0v) is 8.73. The Labute approximate surface area is 98.5 Å². The summed E-state index contributed by atoms with van der Waals surface area (Å²) < 4.78 is 0. The molecule has 0 bridgehead atoms. The molecule has 1 aromatic heterocycles. The second-order valence-corrected chi connectivity index (χ2v) is 3.51. The maximum absolute atomic E-state index is 10.8. The van der Waals surface area contributed by atoms with Crippen LogP contribution in [0.5, 0.6) is 0 Å². The number of hydrogen-bond donors (Lipinski definition) is 2. The van der Waals surface area contributed by atoms with Gasteiger partial charge in [0, 0.05) is 0 Å². The molecule has 3 rings (SSSR count). The fourth-order valence-corrected chi connectivity index (χ4v) is 1.74. The van der Waals surface area contributed by atoms with Crippen LogP contribution in [0.2, 0.25) is 0 Å². The third-order valence-corrected chi connectivity index (χ3v) is 2.52. The predicted molar refractivity (Wildman–Crippen MR) is 58.0 cm³/mol. The van der Waals surface area contributed by atoms with Gasteiger partial charge >= 0.3 is 0 Å². The van der Waals surface area contributed by atoms with Crippen LogP contribution in [0.3, 0.4) is 0 Å². The molecule has 0 spiro atoms. The van der Waals surface area contributed by atoms with Gasteiger partial charge in [0.2, 0.25) is 18.3 Å². The third-order valence-electron chi connectivity index (χ3n) is 2.52. The molecule has 12 heteroatoms. The zero-order chi connectivity index (χ0) is 12.9. The van der Waals surface area contributed by atoms with E-state index in [4.69, 9.17) is 0 Å². The molecule has 0 radical (unpaired) electrons. The Morgan fingerprint density at radius 2 is 1.44 bits per heavy atom. The number of fused-ring (bicyclic) bond motifs is 2. The number of rotatable bonds is 2. The van der Waals surface area contributed by atoms with Gasteiger partial charge in [0.25, 0.3) is 0 Å². The Morgan fingerprint density at radius 3 is 1.83 bits per heavy atom. The van der Waals surface area contributed by atoms with E-state index >= 15 is 0 Å². The fourth-order valence-electron chi connectivity index (χ4n) is 1.74. The quantitative estimate of drug-likeness (QED) is 0.510. The minimum atomic E-state index is -0.758. The van der Waals surface area contributed by atoms with Crippen LogP contribution in [-0.2, 0) is 0 Å². The van der Waals surface area contributed by atoms with Gasteiger partial charge in [-0.1, -0.05) is 0 Å². The number of nitrogens with one attached hydrogen (secondary N) is 2. The highest BCUT2D eigenvalue weighted by Crippen LogP contribution is 2.37. The Kier molecular flexibility index (Phi) is 1.87. The van der Waals surface area contributed by atoms with Crippen LogP contribution in [0.15, 0.2) is 0 Å². The van der Waals surface area contributed by atoms with Gasteiger partial charge in [-0.15, -0.1) is 0 Å². The van der Waals surface area contributed by atoms with Crippen LogP contribution in [0.4, 0.5) is 23.3 Å². The van der Waals surface area contributed by atoms with Crippen molar-refractivity contribution in [3.05, 3.63) is 20.2 Å². The van der Waals surface area contributed by atoms with E-state index in [2.05, 4.69) is 20.6 Å². The summed E-state index contributed by atoms with van der Waals surface area (Å²) in [5.74, 6) is 0.384. The van der Waals surface area contributed by atoms with Crippen LogP contribution in [-0.4, -0.2) is 33.4 Å². The van der Waals surface area contributed by atoms with Crippen molar-refractivity contribution in [1.82, 2.24) is 9.97 Å². The summed E-state index contributed by atoms with van der Waals surface area (Å²) in [6, 6.07) is 0. The number of aromatic nitrogens is 2.